The molecule has 0 aromatic carbocycles. The van der Waals surface area contributed by atoms with Crippen LogP contribution in [0.4, 0.5) is 13.2 Å². The van der Waals surface area contributed by atoms with E-state index >= 15 is 0 Å². The van der Waals surface area contributed by atoms with E-state index in [1.165, 1.54) is 12.4 Å². The monoisotopic (exact) mass is 643 g/mol. The van der Waals surface area contributed by atoms with Gasteiger partial charge in [-0.2, -0.15) is 18.3 Å². The fraction of sp³-hybridized carbons (Fsp3) is 0.633. The number of aromatic nitrogens is 3. The van der Waals surface area contributed by atoms with Gasteiger partial charge in [-0.1, -0.05) is 30.1 Å². The van der Waals surface area contributed by atoms with Gasteiger partial charge in [0.15, 0.2) is 17.3 Å². The van der Waals surface area contributed by atoms with E-state index in [0.29, 0.717) is 6.42 Å². The number of hydrogen-bond donors (Lipinski definition) is 1. The molecule has 4 heterocycles. The zero-order chi connectivity index (χ0) is 31.1. The summed E-state index contributed by atoms with van der Waals surface area (Å²) in [5.74, 6) is -3.32. The van der Waals surface area contributed by atoms with Gasteiger partial charge in [0.2, 0.25) is 0 Å². The SMILES string of the molecule is CC1CC(n2ncc(C(=O)CCC(CC(=O)c3c(Cl)cncc3Cl)CC34CCC(CC3)O4)c2C(F)(F)F)CCC1C(=O)O. The van der Waals surface area contributed by atoms with Gasteiger partial charge in [-0.15, -0.1) is 0 Å². The van der Waals surface area contributed by atoms with Crippen molar-refractivity contribution in [2.75, 3.05) is 0 Å². The molecule has 0 amide bonds. The summed E-state index contributed by atoms with van der Waals surface area (Å²) in [6.45, 7) is 1.71. The third-order valence-corrected chi connectivity index (χ3v) is 10.0. The first-order valence-electron chi connectivity index (χ1n) is 14.7. The average molecular weight is 645 g/mol. The summed E-state index contributed by atoms with van der Waals surface area (Å²) >= 11 is 12.4. The van der Waals surface area contributed by atoms with Crippen molar-refractivity contribution in [3.63, 3.8) is 0 Å². The van der Waals surface area contributed by atoms with Crippen LogP contribution in [0.15, 0.2) is 18.6 Å². The smallest absolute Gasteiger partial charge is 0.433 e. The number of Topliss-reactive ketones (excluding diaryl/α,β-unsaturated/α-hetero) is 2. The zero-order valence-electron chi connectivity index (χ0n) is 23.7. The molecule has 13 heteroatoms. The number of carbonyl (C=O) groups is 3. The first-order valence-corrected chi connectivity index (χ1v) is 15.4. The molecule has 4 atom stereocenters. The highest BCUT2D eigenvalue weighted by atomic mass is 35.5. The maximum atomic E-state index is 14.4. The van der Waals surface area contributed by atoms with Gasteiger partial charge in [-0.3, -0.25) is 24.0 Å². The highest BCUT2D eigenvalue weighted by Crippen LogP contribution is 2.48. The van der Waals surface area contributed by atoms with Gasteiger partial charge in [0, 0.05) is 25.2 Å². The van der Waals surface area contributed by atoms with Crippen LogP contribution in [0.5, 0.6) is 0 Å². The van der Waals surface area contributed by atoms with E-state index in [2.05, 4.69) is 10.1 Å². The lowest BCUT2D eigenvalue weighted by atomic mass is 9.78. The zero-order valence-corrected chi connectivity index (χ0v) is 25.2. The Morgan fingerprint density at radius 2 is 1.77 bits per heavy atom. The molecule has 5 rings (SSSR count). The van der Waals surface area contributed by atoms with Gasteiger partial charge in [0.25, 0.3) is 0 Å². The van der Waals surface area contributed by atoms with Crippen molar-refractivity contribution in [1.29, 1.82) is 0 Å². The number of aliphatic carboxylic acids is 1. The minimum atomic E-state index is -4.84. The quantitative estimate of drug-likeness (QED) is 0.251. The van der Waals surface area contributed by atoms with Crippen molar-refractivity contribution >= 4 is 40.7 Å². The lowest BCUT2D eigenvalue weighted by Crippen LogP contribution is -2.32. The van der Waals surface area contributed by atoms with E-state index in [9.17, 15) is 32.7 Å². The molecule has 0 spiro atoms. The highest BCUT2D eigenvalue weighted by molar-refractivity contribution is 6.39. The number of hydrogen-bond acceptors (Lipinski definition) is 6. The van der Waals surface area contributed by atoms with E-state index in [1.807, 2.05) is 0 Å². The number of carboxylic acid groups (broad SMARTS) is 1. The van der Waals surface area contributed by atoms with E-state index in [4.69, 9.17) is 27.9 Å². The second kappa shape index (κ2) is 12.5. The number of ether oxygens (including phenoxy) is 1. The number of carbonyl (C=O) groups excluding carboxylic acids is 2. The van der Waals surface area contributed by atoms with Crippen LogP contribution >= 0.6 is 23.2 Å². The summed E-state index contributed by atoms with van der Waals surface area (Å²) in [4.78, 5) is 42.1. The summed E-state index contributed by atoms with van der Waals surface area (Å²) in [6, 6.07) is -0.669. The molecule has 2 aromatic rings. The molecular weight excluding hydrogens is 610 g/mol. The van der Waals surface area contributed by atoms with Crippen LogP contribution < -0.4 is 0 Å². The maximum Gasteiger partial charge on any atom is 0.433 e. The second-order valence-electron chi connectivity index (χ2n) is 12.4. The molecule has 3 aliphatic rings. The van der Waals surface area contributed by atoms with Crippen LogP contribution in [0.3, 0.4) is 0 Å². The van der Waals surface area contributed by atoms with Crippen LogP contribution in [0.1, 0.15) is 110 Å². The van der Waals surface area contributed by atoms with Crippen molar-refractivity contribution in [1.82, 2.24) is 14.8 Å². The number of ketones is 2. The number of rotatable bonds is 11. The minimum Gasteiger partial charge on any atom is -0.481 e. The highest BCUT2D eigenvalue weighted by Gasteiger charge is 2.48. The van der Waals surface area contributed by atoms with Crippen molar-refractivity contribution in [2.45, 2.75) is 101 Å². The second-order valence-corrected chi connectivity index (χ2v) is 13.2. The number of alkyl halides is 3. The fourth-order valence-corrected chi connectivity index (χ4v) is 7.93. The molecule has 4 unspecified atom stereocenters. The third kappa shape index (κ3) is 6.78. The van der Waals surface area contributed by atoms with Gasteiger partial charge in [-0.05, 0) is 69.6 Å². The average Bonchev–Trinajstić information content (AvgIpc) is 3.66. The number of fused-ring (bicyclic) bond motifs is 2. The Morgan fingerprint density at radius 3 is 2.33 bits per heavy atom. The number of nitrogens with zero attached hydrogens (tertiary/aromatic N) is 3. The first-order chi connectivity index (χ1) is 20.3. The summed E-state index contributed by atoms with van der Waals surface area (Å²) < 4.78 is 50.2. The molecule has 3 fully saturated rings. The predicted molar refractivity (Wildman–Crippen MR) is 151 cm³/mol. The molecule has 8 nitrogen and oxygen atoms in total. The van der Waals surface area contributed by atoms with Crippen LogP contribution in [0, 0.1) is 17.8 Å². The van der Waals surface area contributed by atoms with E-state index in [0.717, 1.165) is 36.6 Å². The normalized spacial score (nSPS) is 27.8. The van der Waals surface area contributed by atoms with Gasteiger partial charge in [-0.25, -0.2) is 0 Å². The minimum absolute atomic E-state index is 0.00259. The predicted octanol–water partition coefficient (Wildman–Crippen LogP) is 7.62. The molecule has 1 saturated carbocycles. The maximum absolute atomic E-state index is 14.4. The van der Waals surface area contributed by atoms with Crippen LogP contribution in [-0.4, -0.2) is 49.1 Å². The van der Waals surface area contributed by atoms with Crippen LogP contribution in [-0.2, 0) is 15.7 Å². The summed E-state index contributed by atoms with van der Waals surface area (Å²) in [5, 5.41) is 13.6. The molecule has 43 heavy (non-hydrogen) atoms. The Hall–Kier alpha value is -2.50. The lowest BCUT2D eigenvalue weighted by Gasteiger charge is -2.33. The van der Waals surface area contributed by atoms with Crippen molar-refractivity contribution in [3.05, 3.63) is 45.5 Å². The van der Waals surface area contributed by atoms with Crippen molar-refractivity contribution in [2.24, 2.45) is 17.8 Å². The molecule has 2 aliphatic heterocycles. The van der Waals surface area contributed by atoms with Crippen molar-refractivity contribution in [3.8, 4) is 0 Å². The molecule has 1 N–H and O–H groups in total. The molecule has 2 saturated heterocycles. The number of halogens is 5. The van der Waals surface area contributed by atoms with Gasteiger partial charge in [0.05, 0.1) is 51.0 Å². The molecule has 1 aliphatic carbocycles. The number of pyridine rings is 1. The largest absolute Gasteiger partial charge is 0.481 e. The van der Waals surface area contributed by atoms with E-state index < -0.39 is 46.7 Å². The Bertz CT molecular complexity index is 1370. The van der Waals surface area contributed by atoms with Gasteiger partial charge in [0.1, 0.15) is 0 Å². The Labute approximate surface area is 257 Å². The Balaban J connectivity index is 1.34. The third-order valence-electron chi connectivity index (χ3n) is 9.48. The van der Waals surface area contributed by atoms with E-state index in [1.54, 1.807) is 6.92 Å². The van der Waals surface area contributed by atoms with Crippen LogP contribution in [0.2, 0.25) is 10.0 Å². The lowest BCUT2D eigenvalue weighted by molar-refractivity contribution is -0.148. The molecule has 2 aromatic heterocycles. The summed E-state index contributed by atoms with van der Waals surface area (Å²) in [5.41, 5.74) is -1.89. The van der Waals surface area contributed by atoms with Crippen LogP contribution in [0.25, 0.3) is 0 Å². The molecule has 0 radical (unpaired) electrons. The molecule has 2 bridgehead atoms. The topological polar surface area (TPSA) is 111 Å². The van der Waals surface area contributed by atoms with Gasteiger partial charge >= 0.3 is 12.1 Å². The summed E-state index contributed by atoms with van der Waals surface area (Å²) in [7, 11) is 0. The summed E-state index contributed by atoms with van der Waals surface area (Å²) in [6.07, 6.45) is 3.57. The molecule has 234 valence electrons. The fourth-order valence-electron chi connectivity index (χ4n) is 7.36. The molecular formula is C30H34Cl2F3N3O5. The Morgan fingerprint density at radius 1 is 1.09 bits per heavy atom. The Kier molecular flexibility index (Phi) is 9.26. The van der Waals surface area contributed by atoms with Gasteiger partial charge < -0.3 is 9.84 Å². The van der Waals surface area contributed by atoms with E-state index in [-0.39, 0.29) is 77.9 Å². The first kappa shape index (κ1) is 31.9. The standard InChI is InChI=1S/C30H34Cl2F3N3O5/c1-16-10-18(3-4-20(16)28(41)42)38-27(30(33,34)35)21(13-37-38)24(39)5-2-17(12-29-8-6-19(43-29)7-9-29)11-25(40)26-22(31)14-36-15-23(26)32/h13-20H,2-12H2,1H3,(H,41,42). The van der Waals surface area contributed by atoms with Crippen molar-refractivity contribution < 1.29 is 37.4 Å². The number of carboxylic acids is 1.